The molecule has 0 saturated heterocycles. The van der Waals surface area contributed by atoms with Crippen molar-refractivity contribution in [2.75, 3.05) is 13.7 Å². The van der Waals surface area contributed by atoms with Crippen LogP contribution in [0.2, 0.25) is 0 Å². The van der Waals surface area contributed by atoms with Crippen LogP contribution in [0.4, 0.5) is 0 Å². The molecule has 0 aliphatic carbocycles. The first-order valence-electron chi connectivity index (χ1n) is 8.03. The highest BCUT2D eigenvalue weighted by molar-refractivity contribution is 5.95. The van der Waals surface area contributed by atoms with Gasteiger partial charge in [0, 0.05) is 5.54 Å². The van der Waals surface area contributed by atoms with Gasteiger partial charge in [0.05, 0.1) is 32.0 Å². The van der Waals surface area contributed by atoms with Crippen LogP contribution in [-0.4, -0.2) is 40.9 Å². The number of para-hydroxylation sites is 1. The summed E-state index contributed by atoms with van der Waals surface area (Å²) >= 11 is 0. The lowest BCUT2D eigenvalue weighted by Crippen LogP contribution is -2.45. The first-order chi connectivity index (χ1) is 11.9. The summed E-state index contributed by atoms with van der Waals surface area (Å²) in [5.74, 6) is -0.421. The van der Waals surface area contributed by atoms with Crippen molar-refractivity contribution in [2.45, 2.75) is 32.7 Å². The summed E-state index contributed by atoms with van der Waals surface area (Å²) in [4.78, 5) is 24.1. The number of carbonyl (C=O) groups is 2. The van der Waals surface area contributed by atoms with E-state index in [0.29, 0.717) is 12.4 Å². The molecule has 0 bridgehead atoms. The molecule has 0 spiro atoms. The van der Waals surface area contributed by atoms with Crippen LogP contribution in [0.3, 0.4) is 0 Å². The van der Waals surface area contributed by atoms with Crippen molar-refractivity contribution in [3.05, 3.63) is 42.2 Å². The number of carbonyl (C=O) groups excluding carboxylic acids is 2. The number of aromatic nitrogens is 2. The van der Waals surface area contributed by atoms with Crippen LogP contribution in [-0.2, 0) is 9.53 Å². The van der Waals surface area contributed by atoms with Crippen LogP contribution in [0.25, 0.3) is 5.69 Å². The molecule has 0 saturated carbocycles. The topological polar surface area (TPSA) is 82.5 Å². The molecule has 0 atom stereocenters. The smallest absolute Gasteiger partial charge is 0.307 e. The van der Waals surface area contributed by atoms with Gasteiger partial charge in [0.1, 0.15) is 0 Å². The molecule has 7 heteroatoms. The zero-order chi connectivity index (χ0) is 18.4. The van der Waals surface area contributed by atoms with Crippen molar-refractivity contribution in [1.82, 2.24) is 15.1 Å². The summed E-state index contributed by atoms with van der Waals surface area (Å²) in [5, 5.41) is 7.15. The minimum atomic E-state index is -0.774. The van der Waals surface area contributed by atoms with Gasteiger partial charge in [0.15, 0.2) is 11.4 Å². The van der Waals surface area contributed by atoms with Gasteiger partial charge in [-0.3, -0.25) is 9.59 Å². The third kappa shape index (κ3) is 4.82. The number of ether oxygens (including phenoxy) is 2. The second-order valence-electron chi connectivity index (χ2n) is 6.15. The largest absolute Gasteiger partial charge is 0.490 e. The third-order valence-electron chi connectivity index (χ3n) is 3.48. The van der Waals surface area contributed by atoms with Crippen LogP contribution in [0.1, 0.15) is 37.7 Å². The van der Waals surface area contributed by atoms with Gasteiger partial charge in [0.25, 0.3) is 5.91 Å². The molecular weight excluding hydrogens is 322 g/mol. The van der Waals surface area contributed by atoms with Crippen LogP contribution < -0.4 is 10.1 Å². The first kappa shape index (κ1) is 18.5. The lowest BCUT2D eigenvalue weighted by molar-refractivity contribution is -0.141. The van der Waals surface area contributed by atoms with Gasteiger partial charge >= 0.3 is 5.97 Å². The van der Waals surface area contributed by atoms with E-state index in [9.17, 15) is 9.59 Å². The van der Waals surface area contributed by atoms with E-state index in [2.05, 4.69) is 15.2 Å². The Labute approximate surface area is 146 Å². The number of nitrogens with one attached hydrogen (secondary N) is 1. The fourth-order valence-electron chi connectivity index (χ4n) is 2.33. The van der Waals surface area contributed by atoms with E-state index in [1.54, 1.807) is 24.7 Å². The number of nitrogens with zero attached hydrogens (tertiary/aromatic N) is 2. The molecule has 0 unspecified atom stereocenters. The fraction of sp³-hybridized carbons (Fsp3) is 0.389. The second-order valence-corrected chi connectivity index (χ2v) is 6.15. The summed E-state index contributed by atoms with van der Waals surface area (Å²) in [6.45, 7) is 5.74. The Morgan fingerprint density at radius 2 is 1.92 bits per heavy atom. The molecule has 0 aliphatic heterocycles. The Hall–Kier alpha value is -2.83. The molecule has 1 heterocycles. The maximum atomic E-state index is 12.7. The fourth-order valence-corrected chi connectivity index (χ4v) is 2.33. The van der Waals surface area contributed by atoms with Crippen molar-refractivity contribution in [2.24, 2.45) is 0 Å². The highest BCUT2D eigenvalue weighted by atomic mass is 16.5. The van der Waals surface area contributed by atoms with Gasteiger partial charge in [-0.1, -0.05) is 18.2 Å². The van der Waals surface area contributed by atoms with Gasteiger partial charge in [-0.2, -0.15) is 5.10 Å². The minimum Gasteiger partial charge on any atom is -0.490 e. The quantitative estimate of drug-likeness (QED) is 0.779. The summed E-state index contributed by atoms with van der Waals surface area (Å²) in [6.07, 6.45) is 1.72. The van der Waals surface area contributed by atoms with Gasteiger partial charge in [-0.15, -0.1) is 0 Å². The SMILES string of the molecule is CCOc1cn(-c2ccccc2)nc1C(=O)NC(C)(C)CC(=O)OC. The number of rotatable bonds is 7. The second kappa shape index (κ2) is 7.83. The third-order valence-corrected chi connectivity index (χ3v) is 3.48. The average Bonchev–Trinajstić information content (AvgIpc) is 2.99. The Morgan fingerprint density at radius 3 is 2.52 bits per heavy atom. The maximum Gasteiger partial charge on any atom is 0.307 e. The average molecular weight is 345 g/mol. The van der Waals surface area contributed by atoms with E-state index < -0.39 is 17.4 Å². The Bertz CT molecular complexity index is 738. The Balaban J connectivity index is 2.26. The monoisotopic (exact) mass is 345 g/mol. The van der Waals surface area contributed by atoms with Crippen molar-refractivity contribution in [3.8, 4) is 11.4 Å². The summed E-state index contributed by atoms with van der Waals surface area (Å²) in [6, 6.07) is 9.43. The van der Waals surface area contributed by atoms with Crippen molar-refractivity contribution >= 4 is 11.9 Å². The number of amides is 1. The number of hydrogen-bond acceptors (Lipinski definition) is 5. The summed E-state index contributed by atoms with van der Waals surface area (Å²) < 4.78 is 11.8. The minimum absolute atomic E-state index is 0.0542. The van der Waals surface area contributed by atoms with Crippen LogP contribution in [0, 0.1) is 0 Å². The van der Waals surface area contributed by atoms with Crippen LogP contribution in [0.15, 0.2) is 36.5 Å². The zero-order valence-corrected chi connectivity index (χ0v) is 14.9. The van der Waals surface area contributed by atoms with E-state index in [1.807, 2.05) is 37.3 Å². The molecule has 0 aliphatic rings. The van der Waals surface area contributed by atoms with Gasteiger partial charge in [-0.05, 0) is 32.9 Å². The highest BCUT2D eigenvalue weighted by Crippen LogP contribution is 2.21. The van der Waals surface area contributed by atoms with Gasteiger partial charge in [0.2, 0.25) is 0 Å². The van der Waals surface area contributed by atoms with Crippen molar-refractivity contribution in [3.63, 3.8) is 0 Å². The Morgan fingerprint density at radius 1 is 1.24 bits per heavy atom. The van der Waals surface area contributed by atoms with E-state index in [0.717, 1.165) is 5.69 Å². The van der Waals surface area contributed by atoms with Gasteiger partial charge in [-0.25, -0.2) is 4.68 Å². The Kier molecular flexibility index (Phi) is 5.80. The molecule has 2 aromatic rings. The molecule has 1 aromatic heterocycles. The molecule has 0 fully saturated rings. The predicted molar refractivity (Wildman–Crippen MR) is 92.9 cm³/mol. The molecule has 1 amide bonds. The summed E-state index contributed by atoms with van der Waals surface area (Å²) in [7, 11) is 1.31. The molecule has 1 N–H and O–H groups in total. The van der Waals surface area contributed by atoms with Gasteiger partial charge < -0.3 is 14.8 Å². The molecule has 1 aromatic carbocycles. The molecule has 134 valence electrons. The van der Waals surface area contributed by atoms with Crippen molar-refractivity contribution in [1.29, 1.82) is 0 Å². The molecule has 25 heavy (non-hydrogen) atoms. The highest BCUT2D eigenvalue weighted by Gasteiger charge is 2.28. The standard InChI is InChI=1S/C18H23N3O4/c1-5-25-14-12-21(13-9-7-6-8-10-13)20-16(14)17(23)19-18(2,3)11-15(22)24-4/h6-10,12H,5,11H2,1-4H3,(H,19,23). The number of hydrogen-bond donors (Lipinski definition) is 1. The van der Waals surface area contributed by atoms with E-state index in [4.69, 9.17) is 4.74 Å². The molecule has 2 rings (SSSR count). The molecule has 7 nitrogen and oxygen atoms in total. The lowest BCUT2D eigenvalue weighted by atomic mass is 10.0. The van der Waals surface area contributed by atoms with E-state index in [1.165, 1.54) is 7.11 Å². The van der Waals surface area contributed by atoms with Crippen LogP contribution in [0.5, 0.6) is 5.75 Å². The van der Waals surface area contributed by atoms with Crippen LogP contribution >= 0.6 is 0 Å². The zero-order valence-electron chi connectivity index (χ0n) is 14.9. The van der Waals surface area contributed by atoms with E-state index in [-0.39, 0.29) is 12.1 Å². The van der Waals surface area contributed by atoms with Crippen molar-refractivity contribution < 1.29 is 19.1 Å². The van der Waals surface area contributed by atoms with E-state index >= 15 is 0 Å². The maximum absolute atomic E-state index is 12.7. The number of methoxy groups -OCH3 is 1. The predicted octanol–water partition coefficient (Wildman–Crippen LogP) is 2.34. The number of benzene rings is 1. The normalized spacial score (nSPS) is 11.0. The molecular formula is C18H23N3O4. The first-order valence-corrected chi connectivity index (χ1v) is 8.03. The molecule has 0 radical (unpaired) electrons. The lowest BCUT2D eigenvalue weighted by Gasteiger charge is -2.24. The number of esters is 1. The summed E-state index contributed by atoms with van der Waals surface area (Å²) in [5.41, 5.74) is 0.212.